The van der Waals surface area contributed by atoms with Crippen molar-refractivity contribution in [1.29, 1.82) is 0 Å². The Bertz CT molecular complexity index is 365. The van der Waals surface area contributed by atoms with Crippen molar-refractivity contribution in [2.75, 3.05) is 19.8 Å². The number of benzene rings is 1. The lowest BCUT2D eigenvalue weighted by atomic mass is 10.1. The van der Waals surface area contributed by atoms with E-state index in [1.165, 1.54) is 0 Å². The number of hydrogen-bond donors (Lipinski definition) is 3. The van der Waals surface area contributed by atoms with Crippen LogP contribution in [-0.2, 0) is 11.3 Å². The molecule has 5 nitrogen and oxygen atoms in total. The van der Waals surface area contributed by atoms with Gasteiger partial charge in [0.25, 0.3) is 0 Å². The maximum absolute atomic E-state index is 11.5. The molecule has 0 fully saturated rings. The Morgan fingerprint density at radius 3 is 2.67 bits per heavy atom. The molecule has 0 aromatic heterocycles. The molecule has 0 aliphatic rings. The Morgan fingerprint density at radius 1 is 1.44 bits per heavy atom. The van der Waals surface area contributed by atoms with E-state index in [2.05, 4.69) is 5.32 Å². The lowest BCUT2D eigenvalue weighted by Crippen LogP contribution is -2.32. The van der Waals surface area contributed by atoms with Gasteiger partial charge in [0.2, 0.25) is 5.91 Å². The Balaban J connectivity index is 2.41. The number of amides is 1. The third-order valence-electron chi connectivity index (χ3n) is 2.55. The maximum atomic E-state index is 11.5. The van der Waals surface area contributed by atoms with Crippen LogP contribution in [-0.4, -0.2) is 30.8 Å². The molecule has 1 rings (SSSR count). The summed E-state index contributed by atoms with van der Waals surface area (Å²) in [6.45, 7) is 2.89. The first kappa shape index (κ1) is 14.5. The highest BCUT2D eigenvalue weighted by molar-refractivity contribution is 5.78. The summed E-state index contributed by atoms with van der Waals surface area (Å²) >= 11 is 0. The van der Waals surface area contributed by atoms with Gasteiger partial charge in [-0.1, -0.05) is 19.1 Å². The summed E-state index contributed by atoms with van der Waals surface area (Å²) in [6, 6.07) is 7.37. The molecule has 0 radical (unpaired) electrons. The molecular formula is C13H20N2O3. The number of carbonyl (C=O) groups is 1. The lowest BCUT2D eigenvalue weighted by Gasteiger charge is -2.10. The average molecular weight is 252 g/mol. The van der Waals surface area contributed by atoms with E-state index >= 15 is 0 Å². The molecule has 0 aliphatic heterocycles. The molecule has 0 aliphatic carbocycles. The normalized spacial score (nSPS) is 11.9. The Kier molecular flexibility index (Phi) is 6.18. The zero-order valence-corrected chi connectivity index (χ0v) is 10.6. The van der Waals surface area contributed by atoms with E-state index < -0.39 is 0 Å². The summed E-state index contributed by atoms with van der Waals surface area (Å²) in [5, 5.41) is 11.4. The molecule has 0 heterocycles. The van der Waals surface area contributed by atoms with E-state index in [0.29, 0.717) is 18.8 Å². The van der Waals surface area contributed by atoms with E-state index in [1.54, 1.807) is 6.92 Å². The van der Waals surface area contributed by atoms with Gasteiger partial charge in [0, 0.05) is 19.0 Å². The second-order valence-corrected chi connectivity index (χ2v) is 4.07. The number of nitrogens with two attached hydrogens (primary N) is 1. The number of nitrogens with one attached hydrogen (secondary N) is 1. The van der Waals surface area contributed by atoms with E-state index in [9.17, 15) is 4.79 Å². The van der Waals surface area contributed by atoms with Crippen molar-refractivity contribution in [3.05, 3.63) is 29.8 Å². The van der Waals surface area contributed by atoms with Gasteiger partial charge in [-0.2, -0.15) is 0 Å². The monoisotopic (exact) mass is 252 g/mol. The predicted molar refractivity (Wildman–Crippen MR) is 69.1 cm³/mol. The van der Waals surface area contributed by atoms with Gasteiger partial charge in [-0.15, -0.1) is 0 Å². The molecule has 0 saturated heterocycles. The Morgan fingerprint density at radius 2 is 2.11 bits per heavy atom. The van der Waals surface area contributed by atoms with E-state index in [0.717, 1.165) is 5.56 Å². The molecule has 0 spiro atoms. The van der Waals surface area contributed by atoms with Crippen LogP contribution < -0.4 is 15.8 Å². The van der Waals surface area contributed by atoms with Gasteiger partial charge in [0.1, 0.15) is 12.4 Å². The highest BCUT2D eigenvalue weighted by atomic mass is 16.5. The molecule has 100 valence electrons. The third-order valence-corrected chi connectivity index (χ3v) is 2.55. The van der Waals surface area contributed by atoms with E-state index in [4.69, 9.17) is 15.6 Å². The zero-order chi connectivity index (χ0) is 13.4. The number of ether oxygens (including phenoxy) is 1. The Hall–Kier alpha value is -1.59. The highest BCUT2D eigenvalue weighted by Crippen LogP contribution is 2.11. The second kappa shape index (κ2) is 7.68. The quantitative estimate of drug-likeness (QED) is 0.650. The molecule has 1 unspecified atom stereocenters. The fourth-order valence-electron chi connectivity index (χ4n) is 1.34. The molecule has 1 aromatic rings. The molecule has 18 heavy (non-hydrogen) atoms. The van der Waals surface area contributed by atoms with Crippen LogP contribution in [0.1, 0.15) is 12.5 Å². The molecule has 5 heteroatoms. The van der Waals surface area contributed by atoms with Gasteiger partial charge in [-0.3, -0.25) is 4.79 Å². The third kappa shape index (κ3) is 4.73. The van der Waals surface area contributed by atoms with Gasteiger partial charge >= 0.3 is 0 Å². The van der Waals surface area contributed by atoms with Crippen LogP contribution in [0.25, 0.3) is 0 Å². The molecular weight excluding hydrogens is 232 g/mol. The summed E-state index contributed by atoms with van der Waals surface area (Å²) in [6.07, 6.45) is 0. The summed E-state index contributed by atoms with van der Waals surface area (Å²) < 4.78 is 5.24. The fourth-order valence-corrected chi connectivity index (χ4v) is 1.34. The zero-order valence-electron chi connectivity index (χ0n) is 10.6. The number of aliphatic hydroxyl groups is 1. The number of carbonyl (C=O) groups excluding carboxylic acids is 1. The number of rotatable bonds is 7. The first-order chi connectivity index (χ1) is 8.67. The van der Waals surface area contributed by atoms with Gasteiger partial charge in [-0.05, 0) is 17.7 Å². The standard InChI is InChI=1S/C13H20N2O3/c1-10(8-14)13(17)15-9-11-2-4-12(5-3-11)18-7-6-16/h2-5,10,16H,6-9,14H2,1H3,(H,15,17). The Labute approximate surface area is 107 Å². The van der Waals surface area contributed by atoms with Crippen LogP contribution in [0.15, 0.2) is 24.3 Å². The van der Waals surface area contributed by atoms with Gasteiger partial charge in [0.05, 0.1) is 6.61 Å². The van der Waals surface area contributed by atoms with Gasteiger partial charge in [-0.25, -0.2) is 0 Å². The van der Waals surface area contributed by atoms with Crippen molar-refractivity contribution in [2.24, 2.45) is 11.7 Å². The first-order valence-electron chi connectivity index (χ1n) is 5.97. The number of hydrogen-bond acceptors (Lipinski definition) is 4. The summed E-state index contributed by atoms with van der Waals surface area (Å²) in [7, 11) is 0. The van der Waals surface area contributed by atoms with Crippen molar-refractivity contribution in [1.82, 2.24) is 5.32 Å². The minimum atomic E-state index is -0.169. The smallest absolute Gasteiger partial charge is 0.224 e. The molecule has 1 aromatic carbocycles. The summed E-state index contributed by atoms with van der Waals surface area (Å²) in [5.74, 6) is 0.490. The topological polar surface area (TPSA) is 84.6 Å². The second-order valence-electron chi connectivity index (χ2n) is 4.07. The van der Waals surface area contributed by atoms with E-state index in [-0.39, 0.29) is 25.0 Å². The average Bonchev–Trinajstić information content (AvgIpc) is 2.42. The molecule has 1 amide bonds. The van der Waals surface area contributed by atoms with Gasteiger partial charge in [0.15, 0.2) is 0 Å². The van der Waals surface area contributed by atoms with Crippen LogP contribution in [0.4, 0.5) is 0 Å². The largest absolute Gasteiger partial charge is 0.491 e. The predicted octanol–water partition coefficient (Wildman–Crippen LogP) is 0.269. The van der Waals surface area contributed by atoms with Gasteiger partial charge < -0.3 is 20.9 Å². The SMILES string of the molecule is CC(CN)C(=O)NCc1ccc(OCCO)cc1. The van der Waals surface area contributed by atoms with Crippen molar-refractivity contribution >= 4 is 5.91 Å². The minimum Gasteiger partial charge on any atom is -0.491 e. The molecule has 4 N–H and O–H groups in total. The molecule has 1 atom stereocenters. The van der Waals surface area contributed by atoms with Crippen LogP contribution in [0.2, 0.25) is 0 Å². The molecule has 0 saturated carbocycles. The van der Waals surface area contributed by atoms with Crippen LogP contribution >= 0.6 is 0 Å². The van der Waals surface area contributed by atoms with Crippen LogP contribution in [0, 0.1) is 5.92 Å². The van der Waals surface area contributed by atoms with Crippen LogP contribution in [0.5, 0.6) is 5.75 Å². The van der Waals surface area contributed by atoms with Crippen molar-refractivity contribution in [2.45, 2.75) is 13.5 Å². The van der Waals surface area contributed by atoms with E-state index in [1.807, 2.05) is 24.3 Å². The number of aliphatic hydroxyl groups excluding tert-OH is 1. The highest BCUT2D eigenvalue weighted by Gasteiger charge is 2.09. The lowest BCUT2D eigenvalue weighted by molar-refractivity contribution is -0.124. The van der Waals surface area contributed by atoms with Crippen molar-refractivity contribution < 1.29 is 14.6 Å². The minimum absolute atomic E-state index is 0.00517. The molecule has 0 bridgehead atoms. The fraction of sp³-hybridized carbons (Fsp3) is 0.462. The summed E-state index contributed by atoms with van der Waals surface area (Å²) in [4.78, 5) is 11.5. The van der Waals surface area contributed by atoms with Crippen LogP contribution in [0.3, 0.4) is 0 Å². The maximum Gasteiger partial charge on any atom is 0.224 e. The summed E-state index contributed by atoms with van der Waals surface area (Å²) in [5.41, 5.74) is 6.40. The van der Waals surface area contributed by atoms with Crippen molar-refractivity contribution in [3.63, 3.8) is 0 Å². The first-order valence-corrected chi connectivity index (χ1v) is 5.97. The van der Waals surface area contributed by atoms with Crippen molar-refractivity contribution in [3.8, 4) is 5.75 Å².